The van der Waals surface area contributed by atoms with Crippen molar-refractivity contribution >= 4 is 11.5 Å². The minimum Gasteiger partial charge on any atom is -0.373 e. The van der Waals surface area contributed by atoms with Crippen molar-refractivity contribution in [2.75, 3.05) is 12.4 Å². The minimum atomic E-state index is 0.483. The Hall–Kier alpha value is -1.58. The van der Waals surface area contributed by atoms with Crippen molar-refractivity contribution in [3.05, 3.63) is 24.0 Å². The van der Waals surface area contributed by atoms with Crippen molar-refractivity contribution < 1.29 is 0 Å². The van der Waals surface area contributed by atoms with Gasteiger partial charge in [-0.05, 0) is 12.3 Å². The molecule has 0 aliphatic rings. The Morgan fingerprint density at radius 3 is 3.00 bits per heavy atom. The molecule has 2 rings (SSSR count). The van der Waals surface area contributed by atoms with E-state index >= 15 is 0 Å². The highest BCUT2D eigenvalue weighted by atomic mass is 15.3. The molecule has 0 aromatic carbocycles. The fourth-order valence-corrected chi connectivity index (χ4v) is 1.57. The number of rotatable bonds is 3. The third kappa shape index (κ3) is 1.67. The molecule has 0 aliphatic heterocycles. The summed E-state index contributed by atoms with van der Waals surface area (Å²) in [4.78, 5) is 4.58. The third-order valence-corrected chi connectivity index (χ3v) is 2.75. The predicted molar refractivity (Wildman–Crippen MR) is 61.2 cm³/mol. The van der Waals surface area contributed by atoms with E-state index in [1.165, 1.54) is 0 Å². The second-order valence-corrected chi connectivity index (χ2v) is 3.73. The van der Waals surface area contributed by atoms with Gasteiger partial charge in [-0.2, -0.15) is 9.61 Å². The lowest BCUT2D eigenvalue weighted by Gasteiger charge is -2.11. The van der Waals surface area contributed by atoms with E-state index in [1.54, 1.807) is 6.20 Å². The second-order valence-electron chi connectivity index (χ2n) is 3.73. The lowest BCUT2D eigenvalue weighted by atomic mass is 10.1. The van der Waals surface area contributed by atoms with Gasteiger partial charge in [0.25, 0.3) is 0 Å². The van der Waals surface area contributed by atoms with Gasteiger partial charge in [-0.25, -0.2) is 4.98 Å². The SMILES string of the molecule is CCC(C)c1cc(NC)n2nccc2n1. The molecule has 0 aliphatic carbocycles. The van der Waals surface area contributed by atoms with Gasteiger partial charge in [0.05, 0.1) is 6.20 Å². The molecule has 0 bridgehead atoms. The maximum atomic E-state index is 4.58. The summed E-state index contributed by atoms with van der Waals surface area (Å²) in [6.45, 7) is 4.36. The second kappa shape index (κ2) is 3.88. The van der Waals surface area contributed by atoms with E-state index in [2.05, 4.69) is 35.3 Å². The fraction of sp³-hybridized carbons (Fsp3) is 0.455. The van der Waals surface area contributed by atoms with Crippen LogP contribution in [-0.2, 0) is 0 Å². The molecule has 4 heteroatoms. The Kier molecular flexibility index (Phi) is 2.58. The van der Waals surface area contributed by atoms with Gasteiger partial charge in [0, 0.05) is 24.9 Å². The van der Waals surface area contributed by atoms with Gasteiger partial charge in [0.1, 0.15) is 5.82 Å². The summed E-state index contributed by atoms with van der Waals surface area (Å²) in [5.41, 5.74) is 2.02. The average molecular weight is 204 g/mol. The number of nitrogens with one attached hydrogen (secondary N) is 1. The molecule has 1 N–H and O–H groups in total. The van der Waals surface area contributed by atoms with E-state index < -0.39 is 0 Å². The van der Waals surface area contributed by atoms with E-state index in [-0.39, 0.29) is 0 Å². The summed E-state index contributed by atoms with van der Waals surface area (Å²) in [5.74, 6) is 1.47. The smallest absolute Gasteiger partial charge is 0.157 e. The van der Waals surface area contributed by atoms with Crippen LogP contribution in [0.2, 0.25) is 0 Å². The molecule has 4 nitrogen and oxygen atoms in total. The van der Waals surface area contributed by atoms with Crippen LogP contribution < -0.4 is 5.32 Å². The molecule has 0 saturated heterocycles. The maximum Gasteiger partial charge on any atom is 0.157 e. The Morgan fingerprint density at radius 1 is 1.53 bits per heavy atom. The molecular formula is C11H16N4. The number of nitrogens with zero attached hydrogens (tertiary/aromatic N) is 3. The van der Waals surface area contributed by atoms with Gasteiger partial charge in [-0.3, -0.25) is 0 Å². The molecule has 0 saturated carbocycles. The molecule has 0 fully saturated rings. The normalized spacial score (nSPS) is 13.0. The van der Waals surface area contributed by atoms with Gasteiger partial charge in [-0.15, -0.1) is 0 Å². The molecule has 0 amide bonds. The number of hydrogen-bond acceptors (Lipinski definition) is 3. The van der Waals surface area contributed by atoms with Gasteiger partial charge in [0.2, 0.25) is 0 Å². The Labute approximate surface area is 89.3 Å². The van der Waals surface area contributed by atoms with Crippen LogP contribution in [0.3, 0.4) is 0 Å². The molecule has 0 radical (unpaired) electrons. The number of aromatic nitrogens is 3. The van der Waals surface area contributed by atoms with Crippen LogP contribution in [0.25, 0.3) is 5.65 Å². The lowest BCUT2D eigenvalue weighted by molar-refractivity contribution is 0.706. The minimum absolute atomic E-state index is 0.483. The van der Waals surface area contributed by atoms with Crippen LogP contribution in [-0.4, -0.2) is 21.6 Å². The van der Waals surface area contributed by atoms with Crippen LogP contribution in [0.1, 0.15) is 31.9 Å². The number of anilines is 1. The first-order chi connectivity index (χ1) is 7.26. The van der Waals surface area contributed by atoms with Crippen LogP contribution >= 0.6 is 0 Å². The summed E-state index contributed by atoms with van der Waals surface area (Å²) in [6, 6.07) is 3.99. The topological polar surface area (TPSA) is 42.2 Å². The monoisotopic (exact) mass is 204 g/mol. The highest BCUT2D eigenvalue weighted by Gasteiger charge is 2.09. The number of hydrogen-bond donors (Lipinski definition) is 1. The molecule has 15 heavy (non-hydrogen) atoms. The molecule has 1 atom stereocenters. The summed E-state index contributed by atoms with van der Waals surface area (Å²) >= 11 is 0. The molecule has 2 aromatic rings. The van der Waals surface area contributed by atoms with E-state index in [1.807, 2.05) is 17.6 Å². The average Bonchev–Trinajstić information content (AvgIpc) is 2.74. The number of fused-ring (bicyclic) bond motifs is 1. The Bertz CT molecular complexity index is 461. The molecule has 0 spiro atoms. The summed E-state index contributed by atoms with van der Waals surface area (Å²) in [6.07, 6.45) is 2.87. The molecule has 2 aromatic heterocycles. The summed E-state index contributed by atoms with van der Waals surface area (Å²) < 4.78 is 1.81. The van der Waals surface area contributed by atoms with Gasteiger partial charge >= 0.3 is 0 Å². The standard InChI is InChI=1S/C11H16N4/c1-4-8(2)9-7-11(12-3)15-10(14-9)5-6-13-15/h5-8,12H,4H2,1-3H3. The summed E-state index contributed by atoms with van der Waals surface area (Å²) in [5, 5.41) is 7.34. The molecule has 1 unspecified atom stereocenters. The van der Waals surface area contributed by atoms with Crippen molar-refractivity contribution in [3.63, 3.8) is 0 Å². The quantitative estimate of drug-likeness (QED) is 0.834. The van der Waals surface area contributed by atoms with Crippen LogP contribution in [0.15, 0.2) is 18.3 Å². The highest BCUT2D eigenvalue weighted by Crippen LogP contribution is 2.20. The van der Waals surface area contributed by atoms with E-state index in [0.29, 0.717) is 5.92 Å². The van der Waals surface area contributed by atoms with Crippen LogP contribution in [0, 0.1) is 0 Å². The zero-order chi connectivity index (χ0) is 10.8. The van der Waals surface area contributed by atoms with Gasteiger partial charge < -0.3 is 5.32 Å². The van der Waals surface area contributed by atoms with Crippen molar-refractivity contribution in [2.45, 2.75) is 26.2 Å². The summed E-state index contributed by atoms with van der Waals surface area (Å²) in [7, 11) is 1.90. The molecule has 2 heterocycles. The van der Waals surface area contributed by atoms with Crippen molar-refractivity contribution in [2.24, 2.45) is 0 Å². The zero-order valence-corrected chi connectivity index (χ0v) is 9.36. The Balaban J connectivity index is 2.58. The van der Waals surface area contributed by atoms with Crippen LogP contribution in [0.4, 0.5) is 5.82 Å². The Morgan fingerprint density at radius 2 is 2.33 bits per heavy atom. The first-order valence-corrected chi connectivity index (χ1v) is 5.28. The van der Waals surface area contributed by atoms with E-state index in [4.69, 9.17) is 0 Å². The predicted octanol–water partition coefficient (Wildman–Crippen LogP) is 2.28. The van der Waals surface area contributed by atoms with Crippen molar-refractivity contribution in [1.82, 2.24) is 14.6 Å². The lowest BCUT2D eigenvalue weighted by Crippen LogP contribution is -2.05. The van der Waals surface area contributed by atoms with Gasteiger partial charge in [0.15, 0.2) is 5.65 Å². The van der Waals surface area contributed by atoms with Crippen LogP contribution in [0.5, 0.6) is 0 Å². The highest BCUT2D eigenvalue weighted by molar-refractivity contribution is 5.49. The van der Waals surface area contributed by atoms with Crippen molar-refractivity contribution in [3.8, 4) is 0 Å². The fourth-order valence-electron chi connectivity index (χ4n) is 1.57. The van der Waals surface area contributed by atoms with Crippen molar-refractivity contribution in [1.29, 1.82) is 0 Å². The van der Waals surface area contributed by atoms with E-state index in [9.17, 15) is 0 Å². The first kappa shape index (κ1) is 9.96. The van der Waals surface area contributed by atoms with E-state index in [0.717, 1.165) is 23.6 Å². The molecular weight excluding hydrogens is 188 g/mol. The third-order valence-electron chi connectivity index (χ3n) is 2.75. The van der Waals surface area contributed by atoms with Gasteiger partial charge in [-0.1, -0.05) is 13.8 Å². The first-order valence-electron chi connectivity index (χ1n) is 5.28. The maximum absolute atomic E-state index is 4.58. The molecule has 80 valence electrons. The largest absolute Gasteiger partial charge is 0.373 e. The zero-order valence-electron chi connectivity index (χ0n) is 9.36.